The fourth-order valence-corrected chi connectivity index (χ4v) is 2.21. The maximum absolute atomic E-state index is 10.6. The van der Waals surface area contributed by atoms with Crippen molar-refractivity contribution in [3.63, 3.8) is 0 Å². The van der Waals surface area contributed by atoms with Gasteiger partial charge in [-0.3, -0.25) is 0 Å². The average molecular weight is 252 g/mol. The lowest BCUT2D eigenvalue weighted by atomic mass is 9.88. The Morgan fingerprint density at radius 2 is 2.12 bits per heavy atom. The van der Waals surface area contributed by atoms with E-state index in [0.29, 0.717) is 12.8 Å². The molecule has 0 heterocycles. The summed E-state index contributed by atoms with van der Waals surface area (Å²) in [6, 6.07) is 9.63. The lowest BCUT2D eigenvalue weighted by Gasteiger charge is -2.27. The first-order valence-corrected chi connectivity index (χ1v) is 6.71. The van der Waals surface area contributed by atoms with Gasteiger partial charge in [-0.05, 0) is 18.2 Å². The second kappa shape index (κ2) is 6.18. The monoisotopic (exact) mass is 252 g/mol. The van der Waals surface area contributed by atoms with E-state index in [0.717, 1.165) is 9.76 Å². The highest BCUT2D eigenvalue weighted by atomic mass is 32.2. The van der Waals surface area contributed by atoms with Crippen LogP contribution in [0, 0.1) is 0 Å². The van der Waals surface area contributed by atoms with Gasteiger partial charge in [-0.15, -0.1) is 18.3 Å². The Morgan fingerprint density at radius 3 is 2.62 bits per heavy atom. The molecule has 0 radical (unpaired) electrons. The number of thiocarbonyl (C=S) groups is 1. The lowest BCUT2D eigenvalue weighted by Crippen LogP contribution is -2.27. The molecule has 0 bridgehead atoms. The topological polar surface area (TPSA) is 20.2 Å². The predicted octanol–water partition coefficient (Wildman–Crippen LogP) is 3.53. The quantitative estimate of drug-likeness (QED) is 0.639. The van der Waals surface area contributed by atoms with E-state index in [-0.39, 0.29) is 0 Å². The molecule has 0 saturated carbocycles. The standard InChI is InChI=1S/C13H16OS2/c1-3-9-13(14,10-12(15)16-2)11-7-5-4-6-8-11/h3-8,14H,1,9-10H2,2H3. The summed E-state index contributed by atoms with van der Waals surface area (Å²) >= 11 is 6.70. The summed E-state index contributed by atoms with van der Waals surface area (Å²) in [7, 11) is 0. The minimum atomic E-state index is -0.914. The molecule has 3 heteroatoms. The van der Waals surface area contributed by atoms with Crippen LogP contribution in [-0.4, -0.2) is 15.6 Å². The lowest BCUT2D eigenvalue weighted by molar-refractivity contribution is 0.0488. The summed E-state index contributed by atoms with van der Waals surface area (Å²) < 4.78 is 0.813. The second-order valence-corrected chi connectivity index (χ2v) is 5.30. The van der Waals surface area contributed by atoms with E-state index < -0.39 is 5.60 Å². The summed E-state index contributed by atoms with van der Waals surface area (Å²) in [5, 5.41) is 10.6. The molecule has 1 aromatic carbocycles. The Bertz CT molecular complexity index is 361. The number of rotatable bonds is 5. The minimum Gasteiger partial charge on any atom is -0.384 e. The third kappa shape index (κ3) is 3.44. The molecule has 0 aliphatic rings. The molecule has 1 aromatic rings. The van der Waals surface area contributed by atoms with Gasteiger partial charge in [0.05, 0.1) is 9.80 Å². The van der Waals surface area contributed by atoms with Crippen LogP contribution in [0.3, 0.4) is 0 Å². The first kappa shape index (κ1) is 13.4. The van der Waals surface area contributed by atoms with Crippen molar-refractivity contribution in [2.24, 2.45) is 0 Å². The Labute approximate surface area is 107 Å². The van der Waals surface area contributed by atoms with Crippen LogP contribution < -0.4 is 0 Å². The molecule has 86 valence electrons. The molecule has 0 amide bonds. The van der Waals surface area contributed by atoms with Gasteiger partial charge in [-0.2, -0.15) is 0 Å². The van der Waals surface area contributed by atoms with Crippen molar-refractivity contribution in [1.29, 1.82) is 0 Å². The molecular weight excluding hydrogens is 236 g/mol. The van der Waals surface area contributed by atoms with E-state index in [4.69, 9.17) is 12.2 Å². The molecule has 16 heavy (non-hydrogen) atoms. The van der Waals surface area contributed by atoms with Gasteiger partial charge in [0.2, 0.25) is 0 Å². The van der Waals surface area contributed by atoms with E-state index in [1.165, 1.54) is 11.8 Å². The molecule has 0 spiro atoms. The highest BCUT2D eigenvalue weighted by molar-refractivity contribution is 8.22. The molecule has 0 fully saturated rings. The van der Waals surface area contributed by atoms with Crippen LogP contribution in [0.4, 0.5) is 0 Å². The van der Waals surface area contributed by atoms with Crippen molar-refractivity contribution in [2.75, 3.05) is 6.26 Å². The highest BCUT2D eigenvalue weighted by Gasteiger charge is 2.28. The highest BCUT2D eigenvalue weighted by Crippen LogP contribution is 2.31. The van der Waals surface area contributed by atoms with Crippen LogP contribution in [-0.2, 0) is 5.60 Å². The fourth-order valence-electron chi connectivity index (χ4n) is 1.59. The molecule has 0 aliphatic carbocycles. The van der Waals surface area contributed by atoms with E-state index in [9.17, 15) is 5.11 Å². The smallest absolute Gasteiger partial charge is 0.0984 e. The van der Waals surface area contributed by atoms with Crippen molar-refractivity contribution in [3.8, 4) is 0 Å². The normalized spacial score (nSPS) is 14.1. The number of thioether (sulfide) groups is 1. The summed E-state index contributed by atoms with van der Waals surface area (Å²) in [5.41, 5.74) is -0.0189. The van der Waals surface area contributed by atoms with Crippen LogP contribution in [0.25, 0.3) is 0 Å². The van der Waals surface area contributed by atoms with Crippen LogP contribution in [0.2, 0.25) is 0 Å². The van der Waals surface area contributed by atoms with Gasteiger partial charge in [0.15, 0.2) is 0 Å². The van der Waals surface area contributed by atoms with Gasteiger partial charge in [0, 0.05) is 6.42 Å². The zero-order valence-corrected chi connectivity index (χ0v) is 11.0. The third-order valence-electron chi connectivity index (χ3n) is 2.46. The van der Waals surface area contributed by atoms with Crippen LogP contribution in [0.1, 0.15) is 18.4 Å². The van der Waals surface area contributed by atoms with E-state index in [1.54, 1.807) is 6.08 Å². The molecule has 1 atom stereocenters. The zero-order valence-electron chi connectivity index (χ0n) is 9.35. The fraction of sp³-hybridized carbons (Fsp3) is 0.308. The maximum atomic E-state index is 10.6. The van der Waals surface area contributed by atoms with Crippen molar-refractivity contribution in [1.82, 2.24) is 0 Å². The molecule has 0 aliphatic heterocycles. The molecule has 1 unspecified atom stereocenters. The van der Waals surface area contributed by atoms with E-state index >= 15 is 0 Å². The average Bonchev–Trinajstić information content (AvgIpc) is 2.30. The molecule has 1 nitrogen and oxygen atoms in total. The molecule has 1 N–H and O–H groups in total. The molecule has 0 aromatic heterocycles. The minimum absolute atomic E-state index is 0.486. The van der Waals surface area contributed by atoms with Crippen LogP contribution in [0.5, 0.6) is 0 Å². The molecular formula is C13H16OS2. The van der Waals surface area contributed by atoms with Crippen LogP contribution >= 0.6 is 24.0 Å². The first-order valence-electron chi connectivity index (χ1n) is 5.08. The maximum Gasteiger partial charge on any atom is 0.0984 e. The van der Waals surface area contributed by atoms with Crippen molar-refractivity contribution in [3.05, 3.63) is 48.6 Å². The third-order valence-corrected chi connectivity index (χ3v) is 3.70. The van der Waals surface area contributed by atoms with Crippen molar-refractivity contribution >= 4 is 28.2 Å². The van der Waals surface area contributed by atoms with Crippen molar-refractivity contribution in [2.45, 2.75) is 18.4 Å². The Balaban J connectivity index is 2.96. The van der Waals surface area contributed by atoms with E-state index in [1.807, 2.05) is 36.6 Å². The number of hydrogen-bond acceptors (Lipinski definition) is 3. The van der Waals surface area contributed by atoms with Gasteiger partial charge < -0.3 is 5.11 Å². The summed E-state index contributed by atoms with van der Waals surface area (Å²) in [6.45, 7) is 3.69. The van der Waals surface area contributed by atoms with Crippen molar-refractivity contribution < 1.29 is 5.11 Å². The zero-order chi connectivity index (χ0) is 12.0. The summed E-state index contributed by atoms with van der Waals surface area (Å²) in [5.74, 6) is 0. The number of benzene rings is 1. The number of aliphatic hydroxyl groups is 1. The second-order valence-electron chi connectivity index (χ2n) is 3.64. The molecule has 1 rings (SSSR count). The van der Waals surface area contributed by atoms with Gasteiger partial charge in [0.25, 0.3) is 0 Å². The predicted molar refractivity (Wildman–Crippen MR) is 75.9 cm³/mol. The van der Waals surface area contributed by atoms with Gasteiger partial charge in [-0.25, -0.2) is 0 Å². The Morgan fingerprint density at radius 1 is 1.50 bits per heavy atom. The van der Waals surface area contributed by atoms with Gasteiger partial charge in [0.1, 0.15) is 0 Å². The summed E-state index contributed by atoms with van der Waals surface area (Å²) in [4.78, 5) is 0. The molecule has 0 saturated heterocycles. The summed E-state index contributed by atoms with van der Waals surface area (Å²) in [6.07, 6.45) is 4.66. The van der Waals surface area contributed by atoms with Crippen LogP contribution in [0.15, 0.2) is 43.0 Å². The van der Waals surface area contributed by atoms with E-state index in [2.05, 4.69) is 6.58 Å². The Kier molecular flexibility index (Phi) is 5.19. The van der Waals surface area contributed by atoms with Gasteiger partial charge in [-0.1, -0.05) is 48.6 Å². The number of hydrogen-bond donors (Lipinski definition) is 1. The Hall–Kier alpha value is -0.640. The SMILES string of the molecule is C=CCC(O)(CC(=S)SC)c1ccccc1. The largest absolute Gasteiger partial charge is 0.384 e. The first-order chi connectivity index (χ1) is 7.62. The van der Waals surface area contributed by atoms with Gasteiger partial charge >= 0.3 is 0 Å².